The normalized spacial score (nSPS) is 17.7. The molecule has 1 heterocycles. The molecule has 1 aromatic carbocycles. The highest BCUT2D eigenvalue weighted by Gasteiger charge is 2.31. The second-order valence-electron chi connectivity index (χ2n) is 4.69. The van der Waals surface area contributed by atoms with Crippen LogP contribution in [0, 0.1) is 0 Å². The molecule has 21 heavy (non-hydrogen) atoms. The molecule has 0 bridgehead atoms. The fraction of sp³-hybridized carbons (Fsp3) is 0.429. The smallest absolute Gasteiger partial charge is 0.315 e. The molecule has 3 amide bonds. The molecule has 7 heteroatoms. The van der Waals surface area contributed by atoms with Crippen molar-refractivity contribution in [3.8, 4) is 5.75 Å². The topological polar surface area (TPSA) is 70.7 Å². The van der Waals surface area contributed by atoms with Crippen molar-refractivity contribution in [2.24, 2.45) is 0 Å². The van der Waals surface area contributed by atoms with Crippen molar-refractivity contribution in [1.29, 1.82) is 0 Å². The van der Waals surface area contributed by atoms with Crippen molar-refractivity contribution in [3.63, 3.8) is 0 Å². The van der Waals surface area contributed by atoms with Gasteiger partial charge in [-0.3, -0.25) is 4.79 Å². The molecule has 1 atom stereocenters. The highest BCUT2D eigenvalue weighted by molar-refractivity contribution is 6.18. The van der Waals surface area contributed by atoms with E-state index in [0.29, 0.717) is 25.4 Å². The zero-order valence-corrected chi connectivity index (χ0v) is 12.5. The summed E-state index contributed by atoms with van der Waals surface area (Å²) in [4.78, 5) is 25.3. The van der Waals surface area contributed by atoms with Gasteiger partial charge in [-0.05, 0) is 24.3 Å². The lowest BCUT2D eigenvalue weighted by Gasteiger charge is -2.17. The third-order valence-corrected chi connectivity index (χ3v) is 3.41. The molecule has 0 aliphatic carbocycles. The van der Waals surface area contributed by atoms with Gasteiger partial charge in [0.2, 0.25) is 5.91 Å². The Labute approximate surface area is 128 Å². The number of anilines is 1. The molecule has 0 radical (unpaired) electrons. The van der Waals surface area contributed by atoms with E-state index in [2.05, 4.69) is 10.6 Å². The average molecular weight is 312 g/mol. The van der Waals surface area contributed by atoms with Crippen molar-refractivity contribution in [2.45, 2.75) is 12.5 Å². The predicted molar refractivity (Wildman–Crippen MR) is 81.0 cm³/mol. The van der Waals surface area contributed by atoms with E-state index in [4.69, 9.17) is 16.3 Å². The molecule has 0 unspecified atom stereocenters. The summed E-state index contributed by atoms with van der Waals surface area (Å²) >= 11 is 5.50. The van der Waals surface area contributed by atoms with E-state index in [0.717, 1.165) is 11.4 Å². The first-order chi connectivity index (χ1) is 10.1. The molecule has 2 N–H and O–H groups in total. The summed E-state index contributed by atoms with van der Waals surface area (Å²) in [6, 6.07) is 6.76. The fourth-order valence-corrected chi connectivity index (χ4v) is 2.31. The second kappa shape index (κ2) is 7.17. The van der Waals surface area contributed by atoms with Gasteiger partial charge in [0, 0.05) is 31.1 Å². The van der Waals surface area contributed by atoms with Gasteiger partial charge in [-0.25, -0.2) is 4.79 Å². The molecule has 1 saturated heterocycles. The standard InChI is InChI=1S/C14H18ClN3O3/c1-21-12-4-2-11(3-5-12)18-9-10(8-13(18)19)17-14(20)16-7-6-15/h2-5,10H,6-9H2,1H3,(H2,16,17,20)/t10-/m1/s1. The van der Waals surface area contributed by atoms with Crippen LogP contribution in [0.25, 0.3) is 0 Å². The minimum atomic E-state index is -0.301. The first kappa shape index (κ1) is 15.4. The Hall–Kier alpha value is -1.95. The Morgan fingerprint density at radius 1 is 1.43 bits per heavy atom. The van der Waals surface area contributed by atoms with Crippen molar-refractivity contribution in [1.82, 2.24) is 10.6 Å². The minimum Gasteiger partial charge on any atom is -0.497 e. The molecule has 1 aromatic rings. The molecule has 0 spiro atoms. The van der Waals surface area contributed by atoms with E-state index >= 15 is 0 Å². The summed E-state index contributed by atoms with van der Waals surface area (Å²) < 4.78 is 5.09. The minimum absolute atomic E-state index is 0.0113. The van der Waals surface area contributed by atoms with Crippen LogP contribution in [0.3, 0.4) is 0 Å². The maximum atomic E-state index is 12.0. The van der Waals surface area contributed by atoms with Crippen LogP contribution >= 0.6 is 11.6 Å². The number of urea groups is 1. The number of carbonyl (C=O) groups is 2. The van der Waals surface area contributed by atoms with Gasteiger partial charge in [0.05, 0.1) is 13.2 Å². The maximum Gasteiger partial charge on any atom is 0.315 e. The Balaban J connectivity index is 1.94. The number of rotatable bonds is 5. The zero-order chi connectivity index (χ0) is 15.2. The average Bonchev–Trinajstić information content (AvgIpc) is 2.85. The summed E-state index contributed by atoms with van der Waals surface area (Å²) in [5.41, 5.74) is 0.797. The lowest BCUT2D eigenvalue weighted by Crippen LogP contribution is -2.43. The molecule has 0 aromatic heterocycles. The summed E-state index contributed by atoms with van der Waals surface area (Å²) in [7, 11) is 1.59. The number of nitrogens with one attached hydrogen (secondary N) is 2. The van der Waals surface area contributed by atoms with Crippen molar-refractivity contribution >= 4 is 29.2 Å². The summed E-state index contributed by atoms with van der Waals surface area (Å²) in [6.07, 6.45) is 0.292. The third-order valence-electron chi connectivity index (χ3n) is 3.22. The van der Waals surface area contributed by atoms with Gasteiger partial charge in [-0.1, -0.05) is 0 Å². The largest absolute Gasteiger partial charge is 0.497 e. The third kappa shape index (κ3) is 4.01. The molecule has 6 nitrogen and oxygen atoms in total. The summed E-state index contributed by atoms with van der Waals surface area (Å²) in [5.74, 6) is 1.08. The van der Waals surface area contributed by atoms with Gasteiger partial charge in [-0.2, -0.15) is 0 Å². The lowest BCUT2D eigenvalue weighted by molar-refractivity contribution is -0.117. The number of methoxy groups -OCH3 is 1. The summed E-state index contributed by atoms with van der Waals surface area (Å²) in [6.45, 7) is 0.857. The maximum absolute atomic E-state index is 12.0. The van der Waals surface area contributed by atoms with Crippen molar-refractivity contribution in [3.05, 3.63) is 24.3 Å². The highest BCUT2D eigenvalue weighted by Crippen LogP contribution is 2.24. The zero-order valence-electron chi connectivity index (χ0n) is 11.8. The van der Waals surface area contributed by atoms with Crippen molar-refractivity contribution < 1.29 is 14.3 Å². The number of amides is 3. The van der Waals surface area contributed by atoms with Crippen LogP contribution in [-0.4, -0.2) is 44.1 Å². The van der Waals surface area contributed by atoms with Gasteiger partial charge in [0.1, 0.15) is 5.75 Å². The Morgan fingerprint density at radius 3 is 2.76 bits per heavy atom. The lowest BCUT2D eigenvalue weighted by atomic mass is 10.2. The van der Waals surface area contributed by atoms with Crippen LogP contribution in [0.1, 0.15) is 6.42 Å². The molecule has 1 fully saturated rings. The first-order valence-electron chi connectivity index (χ1n) is 6.68. The van der Waals surface area contributed by atoms with Crippen LogP contribution in [-0.2, 0) is 4.79 Å². The number of alkyl halides is 1. The molecule has 0 saturated carbocycles. The van der Waals surface area contributed by atoms with Gasteiger partial charge < -0.3 is 20.3 Å². The van der Waals surface area contributed by atoms with E-state index in [1.54, 1.807) is 24.1 Å². The SMILES string of the molecule is COc1ccc(N2C[C@H](NC(=O)NCCCl)CC2=O)cc1. The van der Waals surface area contributed by atoms with Gasteiger partial charge in [0.25, 0.3) is 0 Å². The number of ether oxygens (including phenoxy) is 1. The van der Waals surface area contributed by atoms with Gasteiger partial charge >= 0.3 is 6.03 Å². The molecule has 2 rings (SSSR count). The Kier molecular flexibility index (Phi) is 5.27. The number of hydrogen-bond donors (Lipinski definition) is 2. The molecule has 1 aliphatic heterocycles. The van der Waals surface area contributed by atoms with Crippen LogP contribution in [0.15, 0.2) is 24.3 Å². The van der Waals surface area contributed by atoms with E-state index in [9.17, 15) is 9.59 Å². The van der Waals surface area contributed by atoms with Crippen LogP contribution in [0.4, 0.5) is 10.5 Å². The molecule has 1 aliphatic rings. The van der Waals surface area contributed by atoms with Gasteiger partial charge in [0.15, 0.2) is 0 Å². The van der Waals surface area contributed by atoms with Gasteiger partial charge in [-0.15, -0.1) is 11.6 Å². The number of halogens is 1. The number of benzene rings is 1. The first-order valence-corrected chi connectivity index (χ1v) is 7.22. The van der Waals surface area contributed by atoms with Crippen LogP contribution in [0.5, 0.6) is 5.75 Å². The predicted octanol–water partition coefficient (Wildman–Crippen LogP) is 1.34. The fourth-order valence-electron chi connectivity index (χ4n) is 2.21. The molecular weight excluding hydrogens is 294 g/mol. The Bertz CT molecular complexity index is 507. The second-order valence-corrected chi connectivity index (χ2v) is 5.07. The molecule has 114 valence electrons. The van der Waals surface area contributed by atoms with E-state index in [-0.39, 0.29) is 18.0 Å². The quantitative estimate of drug-likeness (QED) is 0.806. The van der Waals surface area contributed by atoms with E-state index in [1.165, 1.54) is 0 Å². The van der Waals surface area contributed by atoms with Crippen molar-refractivity contribution in [2.75, 3.05) is 31.0 Å². The number of hydrogen-bond acceptors (Lipinski definition) is 3. The van der Waals surface area contributed by atoms with E-state index < -0.39 is 0 Å². The van der Waals surface area contributed by atoms with Crippen LogP contribution in [0.2, 0.25) is 0 Å². The number of nitrogens with zero attached hydrogens (tertiary/aromatic N) is 1. The van der Waals surface area contributed by atoms with Crippen LogP contribution < -0.4 is 20.3 Å². The highest BCUT2D eigenvalue weighted by atomic mass is 35.5. The number of carbonyl (C=O) groups excluding carboxylic acids is 2. The monoisotopic (exact) mass is 311 g/mol. The molecular formula is C14H18ClN3O3. The Morgan fingerprint density at radius 2 is 2.14 bits per heavy atom. The summed E-state index contributed by atoms with van der Waals surface area (Å²) in [5, 5.41) is 5.39. The van der Waals surface area contributed by atoms with E-state index in [1.807, 2.05) is 12.1 Å².